The highest BCUT2D eigenvalue weighted by molar-refractivity contribution is 5.69. The second kappa shape index (κ2) is 4.72. The molecule has 0 aliphatic rings. The lowest BCUT2D eigenvalue weighted by Gasteiger charge is -2.02. The maximum Gasteiger partial charge on any atom is 0.258 e. The van der Waals surface area contributed by atoms with E-state index in [1.165, 1.54) is 12.2 Å². The smallest absolute Gasteiger partial charge is 0.258 e. The molecule has 0 aliphatic carbocycles. The number of benzene rings is 1. The van der Waals surface area contributed by atoms with E-state index in [1.807, 2.05) is 6.92 Å². The number of aryl methyl sites for hydroxylation is 1. The van der Waals surface area contributed by atoms with E-state index in [-0.39, 0.29) is 0 Å². The maximum atomic E-state index is 10.1. The molecule has 1 N–H and O–H groups in total. The third-order valence-corrected chi connectivity index (χ3v) is 1.54. The fraction of sp³-hybridized carbons (Fsp3) is 0.111. The lowest BCUT2D eigenvalue weighted by Crippen LogP contribution is -1.88. The molecule has 0 radical (unpaired) electrons. The second-order valence-corrected chi connectivity index (χ2v) is 2.54. The first-order chi connectivity index (χ1) is 6.77. The molecule has 14 heavy (non-hydrogen) atoms. The van der Waals surface area contributed by atoms with E-state index in [4.69, 9.17) is 0 Å². The topological polar surface area (TPSA) is 70.9 Å². The van der Waals surface area contributed by atoms with E-state index in [9.17, 15) is 9.59 Å². The fourth-order valence-corrected chi connectivity index (χ4v) is 0.969. The van der Waals surface area contributed by atoms with Crippen LogP contribution in [0.2, 0.25) is 0 Å². The number of hydrogen-bond acceptors (Lipinski definition) is 5. The predicted octanol–water partition coefficient (Wildman–Crippen LogP) is 1.63. The SMILES string of the molecule is Cc1ccc(N=C=O)c(NN=C=O)c1. The molecule has 0 spiro atoms. The van der Waals surface area contributed by atoms with Crippen LogP contribution in [0.25, 0.3) is 0 Å². The second-order valence-electron chi connectivity index (χ2n) is 2.54. The number of anilines is 1. The number of nitrogens with one attached hydrogen (secondary N) is 1. The van der Waals surface area contributed by atoms with Gasteiger partial charge in [-0.2, -0.15) is 4.99 Å². The van der Waals surface area contributed by atoms with Crippen molar-refractivity contribution < 1.29 is 9.59 Å². The van der Waals surface area contributed by atoms with Crippen molar-refractivity contribution in [2.45, 2.75) is 6.92 Å². The van der Waals surface area contributed by atoms with E-state index < -0.39 is 0 Å². The van der Waals surface area contributed by atoms with Gasteiger partial charge in [0.15, 0.2) is 0 Å². The van der Waals surface area contributed by atoms with Gasteiger partial charge >= 0.3 is 0 Å². The Labute approximate surface area is 80.2 Å². The Hall–Kier alpha value is -2.22. The van der Waals surface area contributed by atoms with Crippen LogP contribution in [0.5, 0.6) is 0 Å². The average molecular weight is 189 g/mol. The van der Waals surface area contributed by atoms with Crippen LogP contribution in [-0.2, 0) is 9.59 Å². The molecule has 5 heteroatoms. The van der Waals surface area contributed by atoms with Gasteiger partial charge in [0.25, 0.3) is 6.08 Å². The number of isocyanates is 2. The minimum absolute atomic E-state index is 0.379. The molecule has 0 fully saturated rings. The zero-order valence-corrected chi connectivity index (χ0v) is 7.44. The van der Waals surface area contributed by atoms with Crippen molar-refractivity contribution in [3.05, 3.63) is 23.8 Å². The van der Waals surface area contributed by atoms with Gasteiger partial charge in [0.05, 0.1) is 5.69 Å². The van der Waals surface area contributed by atoms with E-state index >= 15 is 0 Å². The Morgan fingerprint density at radius 3 is 2.71 bits per heavy atom. The largest absolute Gasteiger partial charge is 0.265 e. The third kappa shape index (κ3) is 2.38. The van der Waals surface area contributed by atoms with Crippen molar-refractivity contribution in [3.8, 4) is 0 Å². The normalized spacial score (nSPS) is 8.36. The number of hydrogen-bond donors (Lipinski definition) is 1. The molecular weight excluding hydrogens is 182 g/mol. The van der Waals surface area contributed by atoms with Gasteiger partial charge in [-0.3, -0.25) is 5.43 Å². The first kappa shape index (κ1) is 9.86. The van der Waals surface area contributed by atoms with Gasteiger partial charge in [0, 0.05) is 0 Å². The standard InChI is InChI=1S/C9H7N3O2/c1-7-2-3-8(10-5-13)9(4-7)12-11-6-14/h2-4,12H,1H3. The molecule has 0 unspecified atom stereocenters. The average Bonchev–Trinajstić information content (AvgIpc) is 2.18. The lowest BCUT2D eigenvalue weighted by molar-refractivity contribution is 0.564. The van der Waals surface area contributed by atoms with Gasteiger partial charge < -0.3 is 0 Å². The van der Waals surface area contributed by atoms with Gasteiger partial charge in [0.2, 0.25) is 6.08 Å². The van der Waals surface area contributed by atoms with E-state index in [0.717, 1.165) is 5.56 Å². The molecule has 0 aromatic heterocycles. The Kier molecular flexibility index (Phi) is 3.33. The highest BCUT2D eigenvalue weighted by Gasteiger charge is 1.99. The Bertz CT molecular complexity index is 430. The molecule has 70 valence electrons. The molecule has 0 amide bonds. The number of rotatable bonds is 3. The monoisotopic (exact) mass is 189 g/mol. The fourth-order valence-electron chi connectivity index (χ4n) is 0.969. The Morgan fingerprint density at radius 2 is 2.07 bits per heavy atom. The highest BCUT2D eigenvalue weighted by atomic mass is 16.1. The predicted molar refractivity (Wildman–Crippen MR) is 50.7 cm³/mol. The first-order valence-corrected chi connectivity index (χ1v) is 3.79. The number of hydrazone groups is 1. The first-order valence-electron chi connectivity index (χ1n) is 3.79. The molecule has 1 aromatic rings. The highest BCUT2D eigenvalue weighted by Crippen LogP contribution is 2.25. The Morgan fingerprint density at radius 1 is 1.29 bits per heavy atom. The summed E-state index contributed by atoms with van der Waals surface area (Å²) in [7, 11) is 0. The van der Waals surface area contributed by atoms with E-state index in [0.29, 0.717) is 11.4 Å². The van der Waals surface area contributed by atoms with Crippen LogP contribution in [-0.4, -0.2) is 12.2 Å². The van der Waals surface area contributed by atoms with Crippen molar-refractivity contribution in [2.24, 2.45) is 10.1 Å². The van der Waals surface area contributed by atoms with Gasteiger partial charge in [-0.05, 0) is 24.6 Å². The molecule has 1 aromatic carbocycles. The summed E-state index contributed by atoms with van der Waals surface area (Å²) in [5.74, 6) is 0. The summed E-state index contributed by atoms with van der Waals surface area (Å²) >= 11 is 0. The number of carbonyl (C=O) groups excluding carboxylic acids is 2. The van der Waals surface area contributed by atoms with Crippen molar-refractivity contribution >= 4 is 23.5 Å². The summed E-state index contributed by atoms with van der Waals surface area (Å²) in [6, 6.07) is 5.12. The molecule has 0 bridgehead atoms. The molecule has 0 heterocycles. The molecule has 0 saturated heterocycles. The summed E-state index contributed by atoms with van der Waals surface area (Å²) in [6.07, 6.45) is 2.74. The van der Waals surface area contributed by atoms with Crippen LogP contribution in [0.15, 0.2) is 28.3 Å². The third-order valence-electron chi connectivity index (χ3n) is 1.54. The van der Waals surface area contributed by atoms with Crippen LogP contribution in [0.3, 0.4) is 0 Å². The molecule has 0 saturated carbocycles. The van der Waals surface area contributed by atoms with Gasteiger partial charge in [-0.15, -0.1) is 0 Å². The van der Waals surface area contributed by atoms with Crippen molar-refractivity contribution in [1.29, 1.82) is 0 Å². The molecule has 0 atom stereocenters. The van der Waals surface area contributed by atoms with E-state index in [1.54, 1.807) is 18.2 Å². The maximum absolute atomic E-state index is 10.1. The Balaban J connectivity index is 3.14. The summed E-state index contributed by atoms with van der Waals surface area (Å²) in [4.78, 5) is 23.4. The number of nitrogens with zero attached hydrogens (tertiary/aromatic N) is 2. The minimum atomic E-state index is 0.379. The summed E-state index contributed by atoms with van der Waals surface area (Å²) < 4.78 is 0. The summed E-state index contributed by atoms with van der Waals surface area (Å²) in [6.45, 7) is 1.87. The van der Waals surface area contributed by atoms with Gasteiger partial charge in [0.1, 0.15) is 5.69 Å². The molecule has 1 rings (SSSR count). The summed E-state index contributed by atoms with van der Waals surface area (Å²) in [5, 5.41) is 3.18. The van der Waals surface area contributed by atoms with Crippen LogP contribution in [0.4, 0.5) is 11.4 Å². The quantitative estimate of drug-likeness (QED) is 0.446. The van der Waals surface area contributed by atoms with Crippen LogP contribution >= 0.6 is 0 Å². The van der Waals surface area contributed by atoms with Gasteiger partial charge in [-0.25, -0.2) is 9.59 Å². The van der Waals surface area contributed by atoms with Crippen LogP contribution < -0.4 is 5.43 Å². The number of aliphatic imine (C=N–C) groups is 1. The van der Waals surface area contributed by atoms with Crippen molar-refractivity contribution in [2.75, 3.05) is 5.43 Å². The van der Waals surface area contributed by atoms with Gasteiger partial charge in [-0.1, -0.05) is 11.2 Å². The van der Waals surface area contributed by atoms with Crippen molar-refractivity contribution in [3.63, 3.8) is 0 Å². The molecule has 0 aliphatic heterocycles. The zero-order chi connectivity index (χ0) is 10.4. The minimum Gasteiger partial charge on any atom is -0.265 e. The molecule has 5 nitrogen and oxygen atoms in total. The van der Waals surface area contributed by atoms with E-state index in [2.05, 4.69) is 15.5 Å². The molecular formula is C9H7N3O2. The summed E-state index contributed by atoms with van der Waals surface area (Å²) in [5.41, 5.74) is 4.22. The zero-order valence-electron chi connectivity index (χ0n) is 7.44. The van der Waals surface area contributed by atoms with Crippen LogP contribution in [0, 0.1) is 6.92 Å². The van der Waals surface area contributed by atoms with Crippen molar-refractivity contribution in [1.82, 2.24) is 0 Å². The van der Waals surface area contributed by atoms with Crippen LogP contribution in [0.1, 0.15) is 5.56 Å². The lowest BCUT2D eigenvalue weighted by atomic mass is 10.2.